The summed E-state index contributed by atoms with van der Waals surface area (Å²) in [7, 11) is -3.66. The average Bonchev–Trinajstić information content (AvgIpc) is 4.13. The van der Waals surface area contributed by atoms with Gasteiger partial charge in [-0.2, -0.15) is 0 Å². The standard InChI is InChI=1S/C60H34N2O2S/c63-65(64)57-27-25-39(35-17-21-37(22-18-35)41-31-49-43-9-1-5-13-53(43)61-54-14-6-2-10-44(54)50(32-41)59(49)61)29-47(57)48-30-40(26-28-58(48)65)36-19-23-38(24-20-36)42-33-51-45-11-3-7-15-55(45)62-56-16-8-4-12-46(56)52(34-42)60(51)62/h1-34H. The van der Waals surface area contributed by atoms with Crippen LogP contribution in [0, 0.1) is 0 Å². The van der Waals surface area contributed by atoms with Gasteiger partial charge in [-0.15, -0.1) is 0 Å². The Bertz CT molecular complexity index is 4010. The third kappa shape index (κ3) is 4.67. The highest BCUT2D eigenvalue weighted by molar-refractivity contribution is 7.92. The predicted molar refractivity (Wildman–Crippen MR) is 268 cm³/mol. The maximum atomic E-state index is 13.9. The molecule has 0 saturated carbocycles. The Labute approximate surface area is 373 Å². The van der Waals surface area contributed by atoms with Gasteiger partial charge in [0.15, 0.2) is 0 Å². The molecule has 4 aromatic heterocycles. The molecular formula is C60H34N2O2S. The molecule has 0 spiro atoms. The summed E-state index contributed by atoms with van der Waals surface area (Å²) >= 11 is 0. The zero-order valence-corrected chi connectivity index (χ0v) is 35.6. The zero-order chi connectivity index (χ0) is 42.7. The first-order valence-electron chi connectivity index (χ1n) is 22.1. The molecule has 0 radical (unpaired) electrons. The molecule has 4 nitrogen and oxygen atoms in total. The van der Waals surface area contributed by atoms with Crippen LogP contribution >= 0.6 is 0 Å². The number of fused-ring (bicyclic) bond motifs is 15. The van der Waals surface area contributed by atoms with Crippen LogP contribution in [0.4, 0.5) is 0 Å². The fraction of sp³-hybridized carbons (Fsp3) is 0. The van der Waals surface area contributed by atoms with E-state index in [-0.39, 0.29) is 0 Å². The lowest BCUT2D eigenvalue weighted by Gasteiger charge is -2.09. The molecule has 0 fully saturated rings. The van der Waals surface area contributed by atoms with E-state index in [9.17, 15) is 8.42 Å². The van der Waals surface area contributed by atoms with E-state index < -0.39 is 9.84 Å². The summed E-state index contributed by atoms with van der Waals surface area (Å²) in [6, 6.07) is 72.9. The van der Waals surface area contributed by atoms with Crippen molar-refractivity contribution in [3.63, 3.8) is 0 Å². The quantitative estimate of drug-likeness (QED) is 0.177. The van der Waals surface area contributed by atoms with E-state index in [0.717, 1.165) is 44.5 Å². The van der Waals surface area contributed by atoms with Crippen LogP contribution in [-0.2, 0) is 9.84 Å². The van der Waals surface area contributed by atoms with Gasteiger partial charge >= 0.3 is 0 Å². The van der Waals surface area contributed by atoms with E-state index in [4.69, 9.17) is 0 Å². The Hall–Kier alpha value is -8.25. The van der Waals surface area contributed by atoms with Crippen LogP contribution in [0.15, 0.2) is 216 Å². The summed E-state index contributed by atoms with van der Waals surface area (Å²) in [5.41, 5.74) is 17.5. The number of sulfone groups is 1. The Morgan fingerprint density at radius 3 is 0.862 bits per heavy atom. The number of aromatic nitrogens is 2. The Morgan fingerprint density at radius 1 is 0.262 bits per heavy atom. The second-order valence-electron chi connectivity index (χ2n) is 17.7. The van der Waals surface area contributed by atoms with Crippen LogP contribution < -0.4 is 0 Å². The second-order valence-corrected chi connectivity index (χ2v) is 19.5. The first-order valence-corrected chi connectivity index (χ1v) is 23.6. The van der Waals surface area contributed by atoms with Crippen LogP contribution in [0.3, 0.4) is 0 Å². The molecule has 10 aromatic carbocycles. The van der Waals surface area contributed by atoms with Gasteiger partial charge in [0, 0.05) is 54.2 Å². The van der Waals surface area contributed by atoms with Crippen molar-refractivity contribution >= 4 is 86.0 Å². The zero-order valence-electron chi connectivity index (χ0n) is 34.7. The average molecular weight is 847 g/mol. The minimum atomic E-state index is -3.66. The minimum absolute atomic E-state index is 0.359. The molecule has 302 valence electrons. The topological polar surface area (TPSA) is 43.0 Å². The lowest BCUT2D eigenvalue weighted by atomic mass is 9.94. The van der Waals surface area contributed by atoms with Crippen molar-refractivity contribution < 1.29 is 8.42 Å². The molecule has 1 aliphatic rings. The molecule has 0 amide bonds. The molecule has 0 N–H and O–H groups in total. The highest BCUT2D eigenvalue weighted by atomic mass is 32.2. The lowest BCUT2D eigenvalue weighted by molar-refractivity contribution is 0.598. The molecule has 0 atom stereocenters. The van der Waals surface area contributed by atoms with Crippen LogP contribution in [0.1, 0.15) is 0 Å². The summed E-state index contributed by atoms with van der Waals surface area (Å²) in [5.74, 6) is 0. The summed E-state index contributed by atoms with van der Waals surface area (Å²) in [4.78, 5) is 0.718. The van der Waals surface area contributed by atoms with Crippen LogP contribution in [0.25, 0.3) is 132 Å². The van der Waals surface area contributed by atoms with Crippen molar-refractivity contribution in [2.24, 2.45) is 0 Å². The van der Waals surface area contributed by atoms with Crippen LogP contribution in [0.2, 0.25) is 0 Å². The summed E-state index contributed by atoms with van der Waals surface area (Å²) in [5, 5.41) is 10.0. The lowest BCUT2D eigenvalue weighted by Crippen LogP contribution is -1.96. The number of hydrogen-bond acceptors (Lipinski definition) is 2. The predicted octanol–water partition coefficient (Wildman–Crippen LogP) is 15.5. The Balaban J connectivity index is 0.785. The van der Waals surface area contributed by atoms with Gasteiger partial charge in [0.2, 0.25) is 9.84 Å². The Kier molecular flexibility index (Phi) is 6.76. The molecule has 5 heteroatoms. The number of nitrogens with zero attached hydrogens (tertiary/aromatic N) is 2. The Morgan fingerprint density at radius 2 is 0.538 bits per heavy atom. The van der Waals surface area contributed by atoms with Gasteiger partial charge < -0.3 is 8.80 Å². The highest BCUT2D eigenvalue weighted by Crippen LogP contribution is 2.48. The van der Waals surface area contributed by atoms with Crippen molar-refractivity contribution in [1.82, 2.24) is 8.80 Å². The number of para-hydroxylation sites is 4. The van der Waals surface area contributed by atoms with Gasteiger partial charge in [0.25, 0.3) is 0 Å². The second kappa shape index (κ2) is 12.5. The van der Waals surface area contributed by atoms with Crippen LogP contribution in [-0.4, -0.2) is 17.2 Å². The number of hydrogen-bond donors (Lipinski definition) is 0. The molecule has 65 heavy (non-hydrogen) atoms. The molecule has 0 aliphatic carbocycles. The normalized spacial score (nSPS) is 13.5. The summed E-state index contributed by atoms with van der Waals surface area (Å²) < 4.78 is 32.7. The highest BCUT2D eigenvalue weighted by Gasteiger charge is 2.33. The van der Waals surface area contributed by atoms with Crippen molar-refractivity contribution in [2.75, 3.05) is 0 Å². The third-order valence-corrected chi connectivity index (χ3v) is 16.2. The van der Waals surface area contributed by atoms with E-state index in [1.165, 1.54) is 87.3 Å². The molecule has 15 rings (SSSR count). The molecule has 1 aliphatic heterocycles. The van der Waals surface area contributed by atoms with Crippen molar-refractivity contribution in [1.29, 1.82) is 0 Å². The third-order valence-electron chi connectivity index (χ3n) is 14.3. The molecule has 5 heterocycles. The summed E-state index contributed by atoms with van der Waals surface area (Å²) in [6.45, 7) is 0. The fourth-order valence-corrected chi connectivity index (χ4v) is 13.0. The number of benzene rings is 10. The largest absolute Gasteiger partial charge is 0.308 e. The van der Waals surface area contributed by atoms with Gasteiger partial charge in [-0.3, -0.25) is 0 Å². The fourth-order valence-electron chi connectivity index (χ4n) is 11.4. The molecule has 0 bridgehead atoms. The SMILES string of the molecule is O=S1(=O)c2ccc(-c3ccc(-c4cc5c6ccccc6n6c7ccccc7c(c4)c56)cc3)cc2-c2cc(-c3ccc(-c4cc5c6ccccc6n6c7ccccc7c(c4)c56)cc3)ccc21. The van der Waals surface area contributed by atoms with Gasteiger partial charge in [-0.1, -0.05) is 133 Å². The van der Waals surface area contributed by atoms with E-state index in [1.54, 1.807) is 12.1 Å². The van der Waals surface area contributed by atoms with Gasteiger partial charge in [-0.05, 0) is 117 Å². The first kappa shape index (κ1) is 35.2. The minimum Gasteiger partial charge on any atom is -0.308 e. The summed E-state index contributed by atoms with van der Waals surface area (Å²) in [6.07, 6.45) is 0. The smallest absolute Gasteiger partial charge is 0.207 e. The van der Waals surface area contributed by atoms with Crippen LogP contribution in [0.5, 0.6) is 0 Å². The van der Waals surface area contributed by atoms with E-state index in [2.05, 4.69) is 191 Å². The van der Waals surface area contributed by atoms with Gasteiger partial charge in [-0.25, -0.2) is 8.42 Å². The maximum absolute atomic E-state index is 13.9. The van der Waals surface area contributed by atoms with Crippen molar-refractivity contribution in [2.45, 2.75) is 9.79 Å². The molecule has 0 unspecified atom stereocenters. The van der Waals surface area contributed by atoms with Crippen molar-refractivity contribution in [3.8, 4) is 55.6 Å². The van der Waals surface area contributed by atoms with E-state index in [1.807, 2.05) is 12.1 Å². The van der Waals surface area contributed by atoms with Gasteiger partial charge in [0.1, 0.15) is 0 Å². The molecule has 14 aromatic rings. The number of rotatable bonds is 4. The maximum Gasteiger partial charge on any atom is 0.207 e. The monoisotopic (exact) mass is 846 g/mol. The van der Waals surface area contributed by atoms with E-state index in [0.29, 0.717) is 9.79 Å². The molecular weight excluding hydrogens is 813 g/mol. The van der Waals surface area contributed by atoms with E-state index >= 15 is 0 Å². The van der Waals surface area contributed by atoms with Gasteiger partial charge in [0.05, 0.1) is 42.9 Å². The molecule has 0 saturated heterocycles. The van der Waals surface area contributed by atoms with Crippen molar-refractivity contribution in [3.05, 3.63) is 206 Å². The first-order chi connectivity index (χ1) is 32.0.